The molecule has 0 aromatic heterocycles. The molecule has 140 valence electrons. The van der Waals surface area contributed by atoms with E-state index in [1.807, 2.05) is 54.6 Å². The Morgan fingerprint density at radius 2 is 1.15 bits per heavy atom. The van der Waals surface area contributed by atoms with Crippen LogP contribution in [0.3, 0.4) is 0 Å². The fourth-order valence-corrected chi connectivity index (χ4v) is 2.86. The highest BCUT2D eigenvalue weighted by atomic mass is 16.5. The van der Waals surface area contributed by atoms with Crippen LogP contribution in [0.4, 0.5) is 11.4 Å². The summed E-state index contributed by atoms with van der Waals surface area (Å²) in [5.41, 5.74) is 2.22. The number of anilines is 2. The molecule has 0 saturated carbocycles. The van der Waals surface area contributed by atoms with Crippen molar-refractivity contribution in [3.8, 4) is 17.2 Å². The first-order chi connectivity index (χ1) is 13.3. The van der Waals surface area contributed by atoms with E-state index in [0.717, 1.165) is 41.6 Å². The first-order valence-corrected chi connectivity index (χ1v) is 9.03. The minimum Gasteiger partial charge on any atom is -0.497 e. The largest absolute Gasteiger partial charge is 0.497 e. The Morgan fingerprint density at radius 3 is 1.63 bits per heavy atom. The van der Waals surface area contributed by atoms with Gasteiger partial charge in [-0.15, -0.1) is 0 Å². The predicted molar refractivity (Wildman–Crippen MR) is 110 cm³/mol. The van der Waals surface area contributed by atoms with Crippen LogP contribution in [0.25, 0.3) is 0 Å². The van der Waals surface area contributed by atoms with Crippen LogP contribution in [0.1, 0.15) is 6.42 Å². The highest BCUT2D eigenvalue weighted by Gasteiger charge is 2.10. The lowest BCUT2D eigenvalue weighted by molar-refractivity contribution is 0.313. The highest BCUT2D eigenvalue weighted by Crippen LogP contribution is 2.29. The fourth-order valence-electron chi connectivity index (χ4n) is 2.86. The summed E-state index contributed by atoms with van der Waals surface area (Å²) >= 11 is 0. The topological polar surface area (TPSA) is 30.9 Å². The van der Waals surface area contributed by atoms with Gasteiger partial charge in [0, 0.05) is 17.9 Å². The second kappa shape index (κ2) is 9.53. The first-order valence-electron chi connectivity index (χ1n) is 9.03. The molecule has 0 spiro atoms. The molecule has 27 heavy (non-hydrogen) atoms. The molecule has 0 saturated heterocycles. The molecular weight excluding hydrogens is 338 g/mol. The Bertz CT molecular complexity index is 754. The van der Waals surface area contributed by atoms with E-state index in [1.165, 1.54) is 0 Å². The molecule has 0 heterocycles. The maximum atomic E-state index is 5.83. The Labute approximate surface area is 160 Å². The fraction of sp³-hybridized carbons (Fsp3) is 0.217. The van der Waals surface area contributed by atoms with E-state index in [1.54, 1.807) is 14.2 Å². The van der Waals surface area contributed by atoms with E-state index >= 15 is 0 Å². The summed E-state index contributed by atoms with van der Waals surface area (Å²) in [4.78, 5) is 2.27. The number of rotatable bonds is 9. The second-order valence-corrected chi connectivity index (χ2v) is 6.06. The minimum absolute atomic E-state index is 0.660. The van der Waals surface area contributed by atoms with E-state index < -0.39 is 0 Å². The third-order valence-electron chi connectivity index (χ3n) is 4.31. The van der Waals surface area contributed by atoms with Crippen LogP contribution in [-0.4, -0.2) is 27.4 Å². The summed E-state index contributed by atoms with van der Waals surface area (Å²) in [7, 11) is 3.36. The molecule has 0 amide bonds. The van der Waals surface area contributed by atoms with Gasteiger partial charge in [0.1, 0.15) is 17.2 Å². The number of methoxy groups -OCH3 is 2. The lowest BCUT2D eigenvalue weighted by atomic mass is 10.2. The molecule has 4 nitrogen and oxygen atoms in total. The molecule has 0 atom stereocenters. The van der Waals surface area contributed by atoms with Gasteiger partial charge < -0.3 is 19.1 Å². The zero-order chi connectivity index (χ0) is 18.9. The number of para-hydroxylation sites is 1. The third kappa shape index (κ3) is 5.17. The van der Waals surface area contributed by atoms with E-state index in [-0.39, 0.29) is 0 Å². The first kappa shape index (κ1) is 18.6. The van der Waals surface area contributed by atoms with Crippen molar-refractivity contribution in [1.82, 2.24) is 0 Å². The number of nitrogens with zero attached hydrogens (tertiary/aromatic N) is 1. The molecule has 3 aromatic rings. The second-order valence-electron chi connectivity index (χ2n) is 6.06. The van der Waals surface area contributed by atoms with Crippen molar-refractivity contribution in [2.45, 2.75) is 6.42 Å². The quantitative estimate of drug-likeness (QED) is 0.482. The van der Waals surface area contributed by atoms with Gasteiger partial charge in [-0.1, -0.05) is 18.2 Å². The van der Waals surface area contributed by atoms with Crippen molar-refractivity contribution in [2.75, 3.05) is 32.3 Å². The molecule has 3 aromatic carbocycles. The SMILES string of the molecule is COc1ccc(N(CCCOc2ccccc2)c2ccc(OC)cc2)cc1. The number of benzene rings is 3. The van der Waals surface area contributed by atoms with E-state index in [4.69, 9.17) is 14.2 Å². The van der Waals surface area contributed by atoms with Gasteiger partial charge in [0.25, 0.3) is 0 Å². The Morgan fingerprint density at radius 1 is 0.630 bits per heavy atom. The molecular formula is C23H25NO3. The number of hydrogen-bond acceptors (Lipinski definition) is 4. The maximum Gasteiger partial charge on any atom is 0.119 e. The van der Waals surface area contributed by atoms with Crippen LogP contribution in [-0.2, 0) is 0 Å². The summed E-state index contributed by atoms with van der Waals surface area (Å²) in [6, 6.07) is 26.1. The Balaban J connectivity index is 1.70. The smallest absolute Gasteiger partial charge is 0.119 e. The average Bonchev–Trinajstić information content (AvgIpc) is 2.75. The molecule has 0 fully saturated rings. The Kier molecular flexibility index (Phi) is 6.58. The van der Waals surface area contributed by atoms with Gasteiger partial charge in [-0.25, -0.2) is 0 Å². The molecule has 0 N–H and O–H groups in total. The van der Waals surface area contributed by atoms with Gasteiger partial charge in [-0.2, -0.15) is 0 Å². The number of ether oxygens (including phenoxy) is 3. The molecule has 0 aliphatic heterocycles. The standard InChI is InChI=1S/C23H25NO3/c1-25-21-13-9-19(10-14-21)24(20-11-15-22(26-2)16-12-20)17-6-18-27-23-7-4-3-5-8-23/h3-5,7-16H,6,17-18H2,1-2H3. The van der Waals surface area contributed by atoms with Crippen LogP contribution in [0, 0.1) is 0 Å². The summed E-state index contributed by atoms with van der Waals surface area (Å²) in [5.74, 6) is 2.60. The summed E-state index contributed by atoms with van der Waals surface area (Å²) in [6.07, 6.45) is 0.896. The lowest BCUT2D eigenvalue weighted by Crippen LogP contribution is -2.20. The van der Waals surface area contributed by atoms with Gasteiger partial charge >= 0.3 is 0 Å². The van der Waals surface area contributed by atoms with Crippen LogP contribution >= 0.6 is 0 Å². The van der Waals surface area contributed by atoms with E-state index in [9.17, 15) is 0 Å². The van der Waals surface area contributed by atoms with Crippen LogP contribution in [0.15, 0.2) is 78.9 Å². The molecule has 0 bridgehead atoms. The Hall–Kier alpha value is -3.14. The van der Waals surface area contributed by atoms with Crippen molar-refractivity contribution in [1.29, 1.82) is 0 Å². The van der Waals surface area contributed by atoms with Gasteiger partial charge in [0.15, 0.2) is 0 Å². The minimum atomic E-state index is 0.660. The zero-order valence-electron chi connectivity index (χ0n) is 15.8. The summed E-state index contributed by atoms with van der Waals surface area (Å²) in [5, 5.41) is 0. The van der Waals surface area contributed by atoms with E-state index in [0.29, 0.717) is 6.61 Å². The van der Waals surface area contributed by atoms with Crippen LogP contribution in [0.2, 0.25) is 0 Å². The average molecular weight is 363 g/mol. The van der Waals surface area contributed by atoms with Gasteiger partial charge in [-0.05, 0) is 67.1 Å². The van der Waals surface area contributed by atoms with Crippen LogP contribution < -0.4 is 19.1 Å². The molecule has 0 unspecified atom stereocenters. The predicted octanol–water partition coefficient (Wildman–Crippen LogP) is 5.31. The molecule has 3 rings (SSSR count). The van der Waals surface area contributed by atoms with Crippen molar-refractivity contribution in [3.63, 3.8) is 0 Å². The van der Waals surface area contributed by atoms with E-state index in [2.05, 4.69) is 29.2 Å². The normalized spacial score (nSPS) is 10.3. The third-order valence-corrected chi connectivity index (χ3v) is 4.31. The molecule has 0 aliphatic rings. The summed E-state index contributed by atoms with van der Waals surface area (Å²) < 4.78 is 16.4. The maximum absolute atomic E-state index is 5.83. The van der Waals surface area contributed by atoms with Crippen molar-refractivity contribution >= 4 is 11.4 Å². The monoisotopic (exact) mass is 363 g/mol. The van der Waals surface area contributed by atoms with Gasteiger partial charge in [0.05, 0.1) is 20.8 Å². The number of hydrogen-bond donors (Lipinski definition) is 0. The zero-order valence-corrected chi connectivity index (χ0v) is 15.8. The summed E-state index contributed by atoms with van der Waals surface area (Å²) in [6.45, 7) is 1.50. The highest BCUT2D eigenvalue weighted by molar-refractivity contribution is 5.64. The molecule has 4 heteroatoms. The van der Waals surface area contributed by atoms with Crippen molar-refractivity contribution in [2.24, 2.45) is 0 Å². The van der Waals surface area contributed by atoms with Gasteiger partial charge in [0.2, 0.25) is 0 Å². The molecule has 0 aliphatic carbocycles. The van der Waals surface area contributed by atoms with Crippen molar-refractivity contribution in [3.05, 3.63) is 78.9 Å². The van der Waals surface area contributed by atoms with Crippen molar-refractivity contribution < 1.29 is 14.2 Å². The van der Waals surface area contributed by atoms with Crippen LogP contribution in [0.5, 0.6) is 17.2 Å². The lowest BCUT2D eigenvalue weighted by Gasteiger charge is -2.25. The van der Waals surface area contributed by atoms with Gasteiger partial charge in [-0.3, -0.25) is 0 Å². The molecule has 0 radical (unpaired) electrons.